The van der Waals surface area contributed by atoms with Crippen LogP contribution in [0, 0.1) is 0 Å². The number of rotatable bonds is 5. The lowest BCUT2D eigenvalue weighted by molar-refractivity contribution is 1.01. The Balaban J connectivity index is 1.24. The molecule has 3 heteroatoms. The quantitative estimate of drug-likeness (QED) is 0.190. The molecule has 0 atom stereocenters. The average Bonchev–Trinajstić information content (AvgIpc) is 3.77. The lowest BCUT2D eigenvalue weighted by Crippen LogP contribution is -2.03. The summed E-state index contributed by atoms with van der Waals surface area (Å²) in [6.07, 6.45) is -1.13. The lowest BCUT2D eigenvalue weighted by Gasteiger charge is -2.19. The summed E-state index contributed by atoms with van der Waals surface area (Å²) in [5.41, 5.74) is 11.6. The Morgan fingerprint density at radius 3 is 2.04 bits per heavy atom. The molecular weight excluding hydrogens is 595 g/mol. The van der Waals surface area contributed by atoms with Crippen LogP contribution >= 0.6 is 0 Å². The first-order valence-electron chi connectivity index (χ1n) is 17.7. The minimum Gasteiger partial charge on any atom is -0.291 e. The first-order valence-corrected chi connectivity index (χ1v) is 16.7. The number of hydrogen-bond donors (Lipinski definition) is 0. The van der Waals surface area contributed by atoms with Crippen molar-refractivity contribution in [3.05, 3.63) is 186 Å². The van der Waals surface area contributed by atoms with Crippen molar-refractivity contribution < 1.29 is 2.74 Å². The normalized spacial score (nSPS) is 13.0. The highest BCUT2D eigenvalue weighted by molar-refractivity contribution is 6.08. The molecule has 9 aromatic rings. The van der Waals surface area contributed by atoms with Gasteiger partial charge in [0.1, 0.15) is 5.82 Å². The zero-order valence-electron chi connectivity index (χ0n) is 28.6. The number of benzene rings is 7. The van der Waals surface area contributed by atoms with E-state index in [-0.39, 0.29) is 0 Å². The van der Waals surface area contributed by atoms with Crippen LogP contribution in [0.3, 0.4) is 0 Å². The monoisotopic (exact) mass is 627 g/mol. The van der Waals surface area contributed by atoms with Gasteiger partial charge in [0.25, 0.3) is 0 Å². The molecule has 0 saturated carbocycles. The van der Waals surface area contributed by atoms with E-state index in [0.717, 1.165) is 83.2 Å². The summed E-state index contributed by atoms with van der Waals surface area (Å²) in [5.74, 6) is 0.874. The Hall–Kier alpha value is -6.32. The molecule has 0 aliphatic heterocycles. The van der Waals surface area contributed by atoms with E-state index in [2.05, 4.69) is 126 Å². The zero-order valence-corrected chi connectivity index (χ0v) is 26.6. The second-order valence-corrected chi connectivity index (χ2v) is 12.7. The molecule has 49 heavy (non-hydrogen) atoms. The number of imidazole rings is 1. The van der Waals surface area contributed by atoms with Crippen molar-refractivity contribution in [3.8, 4) is 39.3 Å². The van der Waals surface area contributed by atoms with Gasteiger partial charge in [0.15, 0.2) is 0 Å². The van der Waals surface area contributed by atoms with Crippen LogP contribution in [0.25, 0.3) is 71.9 Å². The third-order valence-electron chi connectivity index (χ3n) is 9.83. The van der Waals surface area contributed by atoms with E-state index in [1.807, 2.05) is 42.5 Å². The van der Waals surface area contributed by atoms with E-state index in [4.69, 9.17) is 12.7 Å². The van der Waals surface area contributed by atoms with Crippen molar-refractivity contribution in [2.75, 3.05) is 0 Å². The van der Waals surface area contributed by atoms with E-state index in [9.17, 15) is 0 Å². The summed E-state index contributed by atoms with van der Waals surface area (Å²) in [6, 6.07) is 56.2. The van der Waals surface area contributed by atoms with E-state index in [1.54, 1.807) is 0 Å². The maximum atomic E-state index is 9.01. The van der Waals surface area contributed by atoms with Gasteiger partial charge < -0.3 is 0 Å². The molecule has 7 aromatic carbocycles. The van der Waals surface area contributed by atoms with E-state index < -0.39 is 6.37 Å². The second-order valence-electron chi connectivity index (χ2n) is 12.7. The smallest absolute Gasteiger partial charge is 0.146 e. The van der Waals surface area contributed by atoms with Gasteiger partial charge in [-0.15, -0.1) is 0 Å². The topological polar surface area (TPSA) is 30.7 Å². The number of pyridine rings is 1. The van der Waals surface area contributed by atoms with Crippen molar-refractivity contribution in [2.45, 2.75) is 12.8 Å². The largest absolute Gasteiger partial charge is 0.291 e. The van der Waals surface area contributed by atoms with Crippen molar-refractivity contribution >= 4 is 32.6 Å². The Bertz CT molecular complexity index is 2800. The molecular formula is C46H31N3. The van der Waals surface area contributed by atoms with Gasteiger partial charge in [-0.05, 0) is 45.2 Å². The number of aromatic nitrogens is 3. The third-order valence-corrected chi connectivity index (χ3v) is 9.83. The number of fused-ring (bicyclic) bond motifs is 7. The highest BCUT2D eigenvalue weighted by Gasteiger charge is 2.27. The molecule has 0 spiro atoms. The van der Waals surface area contributed by atoms with Crippen LogP contribution in [0.4, 0.5) is 0 Å². The fraction of sp³-hybridized carbons (Fsp3) is 0.0435. The van der Waals surface area contributed by atoms with Crippen LogP contribution in [0.2, 0.25) is 0 Å². The summed E-state index contributed by atoms with van der Waals surface area (Å²) in [4.78, 5) is 10.6. The SMILES string of the molecule is [2H]C([2H])(c1ccccc1)c1ccc2c(n1)Cc1c-2cccc1-c1nc2c3ccccc3ccc2n1-c1c(-c2ccccc2)ccc2ccccc12. The van der Waals surface area contributed by atoms with Crippen LogP contribution in [-0.4, -0.2) is 14.5 Å². The molecule has 230 valence electrons. The Kier molecular flexibility index (Phi) is 5.85. The van der Waals surface area contributed by atoms with Crippen molar-refractivity contribution in [2.24, 2.45) is 0 Å². The summed E-state index contributed by atoms with van der Waals surface area (Å²) in [7, 11) is 0. The highest BCUT2D eigenvalue weighted by Crippen LogP contribution is 2.45. The highest BCUT2D eigenvalue weighted by atomic mass is 15.1. The molecule has 10 rings (SSSR count). The maximum absolute atomic E-state index is 9.01. The molecule has 0 fully saturated rings. The van der Waals surface area contributed by atoms with E-state index in [0.29, 0.717) is 17.7 Å². The minimum absolute atomic E-state index is 0.420. The van der Waals surface area contributed by atoms with Crippen LogP contribution in [0.1, 0.15) is 25.3 Å². The molecule has 0 radical (unpaired) electrons. The molecule has 0 unspecified atom stereocenters. The summed E-state index contributed by atoms with van der Waals surface area (Å²) < 4.78 is 20.4. The molecule has 2 aromatic heterocycles. The fourth-order valence-electron chi connectivity index (χ4n) is 7.59. The molecule has 3 nitrogen and oxygen atoms in total. The predicted octanol–water partition coefficient (Wildman–Crippen LogP) is 11.2. The first kappa shape index (κ1) is 25.7. The van der Waals surface area contributed by atoms with Crippen molar-refractivity contribution in [3.63, 3.8) is 0 Å². The van der Waals surface area contributed by atoms with Crippen molar-refractivity contribution in [1.29, 1.82) is 0 Å². The third kappa shape index (κ3) is 4.51. The van der Waals surface area contributed by atoms with Gasteiger partial charge in [0, 0.05) is 48.7 Å². The van der Waals surface area contributed by atoms with E-state index in [1.165, 1.54) is 0 Å². The van der Waals surface area contributed by atoms with Crippen LogP contribution in [0.5, 0.6) is 0 Å². The fourth-order valence-corrected chi connectivity index (χ4v) is 7.59. The van der Waals surface area contributed by atoms with Crippen LogP contribution in [-0.2, 0) is 12.8 Å². The van der Waals surface area contributed by atoms with Crippen LogP contribution < -0.4 is 0 Å². The van der Waals surface area contributed by atoms with Gasteiger partial charge in [0.05, 0.1) is 22.4 Å². The number of hydrogen-bond acceptors (Lipinski definition) is 2. The minimum atomic E-state index is -1.72. The Labute approximate surface area is 287 Å². The van der Waals surface area contributed by atoms with Gasteiger partial charge >= 0.3 is 0 Å². The van der Waals surface area contributed by atoms with Crippen molar-refractivity contribution in [1.82, 2.24) is 14.5 Å². The maximum Gasteiger partial charge on any atom is 0.146 e. The molecule has 1 aliphatic carbocycles. The molecule has 1 aliphatic rings. The van der Waals surface area contributed by atoms with Gasteiger partial charge in [-0.2, -0.15) is 0 Å². The predicted molar refractivity (Wildman–Crippen MR) is 202 cm³/mol. The summed E-state index contributed by atoms with van der Waals surface area (Å²) >= 11 is 0. The van der Waals surface area contributed by atoms with Gasteiger partial charge in [0.2, 0.25) is 0 Å². The standard InChI is InChI=1S/C46H31N3/c1-3-12-30(13-4-1)28-34-24-26-39-38-20-11-21-40(41(38)29-42(39)47-34)46-48-44-35-18-9-7-16-32(35)23-27-43(44)49(46)45-36-19-10-8-17-33(36)22-25-37(45)31-14-5-2-6-15-31/h1-27H,28-29H2/i28D2. The van der Waals surface area contributed by atoms with E-state index >= 15 is 0 Å². The molecule has 0 amide bonds. The molecule has 0 bridgehead atoms. The first-order chi connectivity index (χ1) is 25.1. The summed E-state index contributed by atoms with van der Waals surface area (Å²) in [6.45, 7) is 0. The number of nitrogens with zero attached hydrogens (tertiary/aromatic N) is 3. The average molecular weight is 628 g/mol. The molecule has 2 heterocycles. The Morgan fingerprint density at radius 1 is 0.531 bits per heavy atom. The molecule has 0 saturated heterocycles. The van der Waals surface area contributed by atoms with Gasteiger partial charge in [-0.25, -0.2) is 4.98 Å². The van der Waals surface area contributed by atoms with Gasteiger partial charge in [-0.1, -0.05) is 152 Å². The Morgan fingerprint density at radius 2 is 1.20 bits per heavy atom. The molecule has 0 N–H and O–H groups in total. The van der Waals surface area contributed by atoms with Crippen LogP contribution in [0.15, 0.2) is 164 Å². The second kappa shape index (κ2) is 11.1. The summed E-state index contributed by atoms with van der Waals surface area (Å²) in [5, 5.41) is 4.58. The van der Waals surface area contributed by atoms with Gasteiger partial charge in [-0.3, -0.25) is 9.55 Å². The lowest BCUT2D eigenvalue weighted by atomic mass is 9.97. The zero-order chi connectivity index (χ0) is 34.1.